The van der Waals surface area contributed by atoms with Crippen LogP contribution in [0, 0.1) is 5.41 Å². The van der Waals surface area contributed by atoms with E-state index in [1.54, 1.807) is 24.3 Å². The summed E-state index contributed by atoms with van der Waals surface area (Å²) in [4.78, 5) is 25.1. The van der Waals surface area contributed by atoms with Crippen LogP contribution in [0.1, 0.15) is 23.2 Å². The van der Waals surface area contributed by atoms with Gasteiger partial charge >= 0.3 is 0 Å². The molecular formula is C17H25N3O4. The Bertz CT molecular complexity index is 568. The topological polar surface area (TPSA) is 105 Å². The number of aliphatic hydroxyl groups is 1. The summed E-state index contributed by atoms with van der Waals surface area (Å²) < 4.78 is 5.35. The number of amides is 2. The first kappa shape index (κ1) is 18.4. The number of nitrogens with zero attached hydrogens (tertiary/aromatic N) is 1. The molecule has 4 N–H and O–H groups in total. The largest absolute Gasteiger partial charge is 0.396 e. The molecule has 0 atom stereocenters. The zero-order valence-corrected chi connectivity index (χ0v) is 14.0. The van der Waals surface area contributed by atoms with E-state index >= 15 is 0 Å². The van der Waals surface area contributed by atoms with Crippen molar-refractivity contribution in [2.45, 2.75) is 12.8 Å². The minimum atomic E-state index is -0.502. The monoisotopic (exact) mass is 335 g/mol. The Balaban J connectivity index is 1.85. The van der Waals surface area contributed by atoms with Gasteiger partial charge in [0.15, 0.2) is 0 Å². The molecular weight excluding hydrogens is 310 g/mol. The third-order valence-corrected chi connectivity index (χ3v) is 4.36. The number of likely N-dealkylation sites (N-methyl/N-ethyl adjacent to an activating group) is 1. The Labute approximate surface area is 141 Å². The molecule has 0 spiro atoms. The fourth-order valence-corrected chi connectivity index (χ4v) is 2.96. The highest BCUT2D eigenvalue weighted by Crippen LogP contribution is 2.30. The summed E-state index contributed by atoms with van der Waals surface area (Å²) in [6, 6.07) is 6.44. The van der Waals surface area contributed by atoms with Gasteiger partial charge < -0.3 is 20.9 Å². The smallest absolute Gasteiger partial charge is 0.248 e. The lowest BCUT2D eigenvalue weighted by Gasteiger charge is -2.38. The molecule has 132 valence electrons. The van der Waals surface area contributed by atoms with Gasteiger partial charge in [0.25, 0.3) is 0 Å². The number of hydrogen-bond donors (Lipinski definition) is 3. The first-order chi connectivity index (χ1) is 11.4. The lowest BCUT2D eigenvalue weighted by Crippen LogP contribution is -2.44. The van der Waals surface area contributed by atoms with Gasteiger partial charge in [-0.1, -0.05) is 0 Å². The molecule has 1 aliphatic heterocycles. The van der Waals surface area contributed by atoms with Gasteiger partial charge in [0.2, 0.25) is 11.8 Å². The van der Waals surface area contributed by atoms with Crippen LogP contribution in [0.5, 0.6) is 0 Å². The van der Waals surface area contributed by atoms with Crippen molar-refractivity contribution in [2.75, 3.05) is 45.3 Å². The lowest BCUT2D eigenvalue weighted by atomic mass is 9.80. The highest BCUT2D eigenvalue weighted by Gasteiger charge is 2.33. The summed E-state index contributed by atoms with van der Waals surface area (Å²) in [5, 5.41) is 12.5. The number of ether oxygens (including phenoxy) is 1. The lowest BCUT2D eigenvalue weighted by molar-refractivity contribution is -0.117. The molecule has 0 saturated carbocycles. The minimum absolute atomic E-state index is 0.0941. The fraction of sp³-hybridized carbons (Fsp3) is 0.529. The Morgan fingerprint density at radius 2 is 1.92 bits per heavy atom. The van der Waals surface area contributed by atoms with E-state index in [4.69, 9.17) is 10.5 Å². The standard InChI is InChI=1S/C17H25N3O4/c1-20(11-17(12-21)6-8-24-9-7-17)10-15(22)19-14-4-2-13(3-5-14)16(18)23/h2-5,21H,6-12H2,1H3,(H2,18,23)(H,19,22). The quantitative estimate of drug-likeness (QED) is 0.671. The molecule has 7 heteroatoms. The highest BCUT2D eigenvalue weighted by molar-refractivity contribution is 5.95. The van der Waals surface area contributed by atoms with Crippen molar-refractivity contribution in [2.24, 2.45) is 11.1 Å². The summed E-state index contributed by atoms with van der Waals surface area (Å²) in [5.41, 5.74) is 6.00. The average Bonchev–Trinajstić information content (AvgIpc) is 2.55. The van der Waals surface area contributed by atoms with Crippen molar-refractivity contribution in [1.29, 1.82) is 0 Å². The number of hydrogen-bond acceptors (Lipinski definition) is 5. The number of anilines is 1. The minimum Gasteiger partial charge on any atom is -0.396 e. The summed E-state index contributed by atoms with van der Waals surface area (Å²) in [6.07, 6.45) is 1.59. The van der Waals surface area contributed by atoms with E-state index in [1.807, 2.05) is 11.9 Å². The van der Waals surface area contributed by atoms with Crippen LogP contribution in [0.15, 0.2) is 24.3 Å². The molecule has 0 aromatic heterocycles. The zero-order chi connectivity index (χ0) is 17.6. The molecule has 0 bridgehead atoms. The second-order valence-corrected chi connectivity index (χ2v) is 6.43. The van der Waals surface area contributed by atoms with Crippen LogP contribution in [0.4, 0.5) is 5.69 Å². The van der Waals surface area contributed by atoms with Gasteiger partial charge in [0.05, 0.1) is 13.2 Å². The molecule has 1 aromatic carbocycles. The van der Waals surface area contributed by atoms with Gasteiger partial charge in [-0.25, -0.2) is 0 Å². The number of rotatable bonds is 7. The number of carbonyl (C=O) groups is 2. The summed E-state index contributed by atoms with van der Waals surface area (Å²) >= 11 is 0. The van der Waals surface area contributed by atoms with Crippen molar-refractivity contribution in [3.05, 3.63) is 29.8 Å². The van der Waals surface area contributed by atoms with Gasteiger partial charge in [-0.2, -0.15) is 0 Å². The van der Waals surface area contributed by atoms with Crippen LogP contribution in [0.25, 0.3) is 0 Å². The maximum Gasteiger partial charge on any atom is 0.248 e. The third-order valence-electron chi connectivity index (χ3n) is 4.36. The number of benzene rings is 1. The number of primary amides is 1. The van der Waals surface area contributed by atoms with E-state index in [-0.39, 0.29) is 24.5 Å². The first-order valence-corrected chi connectivity index (χ1v) is 8.01. The normalized spacial score (nSPS) is 16.8. The van der Waals surface area contributed by atoms with Crippen LogP contribution >= 0.6 is 0 Å². The van der Waals surface area contributed by atoms with Gasteiger partial charge in [0.1, 0.15) is 0 Å². The Kier molecular flexibility index (Phi) is 6.30. The van der Waals surface area contributed by atoms with Crippen molar-refractivity contribution >= 4 is 17.5 Å². The molecule has 24 heavy (non-hydrogen) atoms. The molecule has 0 radical (unpaired) electrons. The molecule has 0 unspecified atom stereocenters. The molecule has 7 nitrogen and oxygen atoms in total. The number of nitrogens with one attached hydrogen (secondary N) is 1. The molecule has 1 fully saturated rings. The second kappa shape index (κ2) is 8.23. The molecule has 1 aliphatic rings. The number of carbonyl (C=O) groups excluding carboxylic acids is 2. The Morgan fingerprint density at radius 1 is 1.29 bits per heavy atom. The summed E-state index contributed by atoms with van der Waals surface area (Å²) in [7, 11) is 1.86. The van der Waals surface area contributed by atoms with Crippen molar-refractivity contribution in [3.8, 4) is 0 Å². The van der Waals surface area contributed by atoms with Crippen LogP contribution in [0.3, 0.4) is 0 Å². The SMILES string of the molecule is CN(CC(=O)Nc1ccc(C(N)=O)cc1)CC1(CO)CCOCC1. The van der Waals surface area contributed by atoms with E-state index in [0.717, 1.165) is 12.8 Å². The maximum atomic E-state index is 12.1. The Morgan fingerprint density at radius 3 is 2.46 bits per heavy atom. The van der Waals surface area contributed by atoms with E-state index < -0.39 is 5.91 Å². The summed E-state index contributed by atoms with van der Waals surface area (Å²) in [5.74, 6) is -0.650. The van der Waals surface area contributed by atoms with Crippen molar-refractivity contribution in [1.82, 2.24) is 4.90 Å². The van der Waals surface area contributed by atoms with E-state index in [0.29, 0.717) is 31.0 Å². The first-order valence-electron chi connectivity index (χ1n) is 8.01. The predicted molar refractivity (Wildman–Crippen MR) is 90.7 cm³/mol. The maximum absolute atomic E-state index is 12.1. The average molecular weight is 335 g/mol. The van der Waals surface area contributed by atoms with Crippen molar-refractivity contribution in [3.63, 3.8) is 0 Å². The predicted octanol–water partition coefficient (Wildman–Crippen LogP) is 0.445. The molecule has 1 aromatic rings. The zero-order valence-electron chi connectivity index (χ0n) is 14.0. The van der Waals surface area contributed by atoms with Gasteiger partial charge in [-0.15, -0.1) is 0 Å². The number of nitrogens with two attached hydrogens (primary N) is 1. The fourth-order valence-electron chi connectivity index (χ4n) is 2.96. The van der Waals surface area contributed by atoms with Gasteiger partial charge in [-0.3, -0.25) is 14.5 Å². The van der Waals surface area contributed by atoms with Crippen molar-refractivity contribution < 1.29 is 19.4 Å². The second-order valence-electron chi connectivity index (χ2n) is 6.43. The molecule has 1 saturated heterocycles. The van der Waals surface area contributed by atoms with E-state index in [9.17, 15) is 14.7 Å². The highest BCUT2D eigenvalue weighted by atomic mass is 16.5. The van der Waals surface area contributed by atoms with Crippen LogP contribution < -0.4 is 11.1 Å². The molecule has 2 rings (SSSR count). The van der Waals surface area contributed by atoms with Gasteiger partial charge in [-0.05, 0) is 44.2 Å². The van der Waals surface area contributed by atoms with E-state index in [2.05, 4.69) is 5.32 Å². The third kappa shape index (κ3) is 5.02. The molecule has 2 amide bonds. The Hall–Kier alpha value is -1.96. The van der Waals surface area contributed by atoms with Crippen LogP contribution in [0.2, 0.25) is 0 Å². The van der Waals surface area contributed by atoms with E-state index in [1.165, 1.54) is 0 Å². The molecule has 0 aliphatic carbocycles. The van der Waals surface area contributed by atoms with Crippen LogP contribution in [-0.4, -0.2) is 61.8 Å². The summed E-state index contributed by atoms with van der Waals surface area (Å²) in [6.45, 7) is 2.25. The number of aliphatic hydroxyl groups excluding tert-OH is 1. The molecule has 1 heterocycles. The van der Waals surface area contributed by atoms with Crippen LogP contribution in [-0.2, 0) is 9.53 Å². The van der Waals surface area contributed by atoms with Gasteiger partial charge in [0, 0.05) is 36.4 Å².